The molecule has 11 heavy (non-hydrogen) atoms. The third-order valence-electron chi connectivity index (χ3n) is 1.70. The van der Waals surface area contributed by atoms with Gasteiger partial charge in [0.05, 0.1) is 4.48 Å². The summed E-state index contributed by atoms with van der Waals surface area (Å²) in [6.07, 6.45) is 4.99. The molecule has 0 aliphatic heterocycles. The van der Waals surface area contributed by atoms with Crippen molar-refractivity contribution in [1.82, 2.24) is 0 Å². The van der Waals surface area contributed by atoms with Gasteiger partial charge >= 0.3 is 0 Å². The number of aliphatic hydroxyl groups is 1. The molecule has 0 bridgehead atoms. The Labute approximate surface area is 73.7 Å². The Morgan fingerprint density at radius 2 is 2.36 bits per heavy atom. The van der Waals surface area contributed by atoms with Crippen molar-refractivity contribution in [2.24, 2.45) is 0 Å². The Hall–Kier alpha value is -0.410. The van der Waals surface area contributed by atoms with Crippen LogP contribution in [-0.2, 0) is 4.79 Å². The third kappa shape index (κ3) is 1.79. The van der Waals surface area contributed by atoms with Crippen LogP contribution in [0.2, 0.25) is 0 Å². The number of hydrogen-bond donors (Lipinski definition) is 1. The summed E-state index contributed by atoms with van der Waals surface area (Å²) in [5, 5.41) is 9.62. The standard InChI is InChI=1S/C8H9BrO2/c1-2-8(11)4-3-7(10)6(9)5-8/h3-5,11H,2H2,1H3/t8-/m0/s1. The Kier molecular flexibility index (Phi) is 2.30. The van der Waals surface area contributed by atoms with Gasteiger partial charge in [0.1, 0.15) is 5.60 Å². The summed E-state index contributed by atoms with van der Waals surface area (Å²) in [6, 6.07) is 0. The molecule has 1 aliphatic rings. The van der Waals surface area contributed by atoms with Gasteiger partial charge in [-0.15, -0.1) is 0 Å². The molecular weight excluding hydrogens is 208 g/mol. The number of hydrogen-bond acceptors (Lipinski definition) is 2. The van der Waals surface area contributed by atoms with E-state index in [4.69, 9.17) is 0 Å². The van der Waals surface area contributed by atoms with Crippen molar-refractivity contribution < 1.29 is 9.90 Å². The summed E-state index contributed by atoms with van der Waals surface area (Å²) in [4.78, 5) is 10.9. The van der Waals surface area contributed by atoms with E-state index in [0.717, 1.165) is 0 Å². The number of carbonyl (C=O) groups excluding carboxylic acids is 1. The van der Waals surface area contributed by atoms with Gasteiger partial charge in [0, 0.05) is 0 Å². The summed E-state index contributed by atoms with van der Waals surface area (Å²) in [7, 11) is 0. The molecule has 0 unspecified atom stereocenters. The van der Waals surface area contributed by atoms with E-state index in [1.807, 2.05) is 6.92 Å². The smallest absolute Gasteiger partial charge is 0.192 e. The van der Waals surface area contributed by atoms with E-state index in [0.29, 0.717) is 10.9 Å². The zero-order valence-corrected chi connectivity index (χ0v) is 7.76. The number of rotatable bonds is 1. The molecule has 1 atom stereocenters. The van der Waals surface area contributed by atoms with Crippen LogP contribution in [0.25, 0.3) is 0 Å². The maximum absolute atomic E-state index is 10.9. The molecule has 0 heterocycles. The number of ketones is 1. The van der Waals surface area contributed by atoms with Gasteiger partial charge in [0.15, 0.2) is 5.78 Å². The lowest BCUT2D eigenvalue weighted by atomic mass is 9.95. The fourth-order valence-electron chi connectivity index (χ4n) is 0.858. The normalized spacial score (nSPS) is 30.5. The van der Waals surface area contributed by atoms with Crippen molar-refractivity contribution in [3.8, 4) is 0 Å². The van der Waals surface area contributed by atoms with E-state index in [-0.39, 0.29) is 5.78 Å². The van der Waals surface area contributed by atoms with Crippen molar-refractivity contribution in [1.29, 1.82) is 0 Å². The zero-order chi connectivity index (χ0) is 8.48. The second kappa shape index (κ2) is 2.91. The first-order chi connectivity index (χ1) is 5.07. The van der Waals surface area contributed by atoms with Gasteiger partial charge in [-0.25, -0.2) is 0 Å². The molecular formula is C8H9BrO2. The van der Waals surface area contributed by atoms with Crippen molar-refractivity contribution >= 4 is 21.7 Å². The van der Waals surface area contributed by atoms with Crippen molar-refractivity contribution in [2.45, 2.75) is 18.9 Å². The van der Waals surface area contributed by atoms with Crippen LogP contribution in [0.4, 0.5) is 0 Å². The van der Waals surface area contributed by atoms with Crippen LogP contribution >= 0.6 is 15.9 Å². The third-order valence-corrected chi connectivity index (χ3v) is 2.32. The first-order valence-electron chi connectivity index (χ1n) is 3.42. The Balaban J connectivity index is 2.93. The van der Waals surface area contributed by atoms with E-state index in [1.165, 1.54) is 18.2 Å². The largest absolute Gasteiger partial charge is 0.382 e. The van der Waals surface area contributed by atoms with Crippen LogP contribution in [0.3, 0.4) is 0 Å². The van der Waals surface area contributed by atoms with E-state index in [2.05, 4.69) is 15.9 Å². The van der Waals surface area contributed by atoms with Crippen LogP contribution in [0.15, 0.2) is 22.7 Å². The minimum absolute atomic E-state index is 0.0943. The average molecular weight is 217 g/mol. The number of carbonyl (C=O) groups is 1. The Bertz CT molecular complexity index is 242. The monoisotopic (exact) mass is 216 g/mol. The second-order valence-electron chi connectivity index (χ2n) is 2.53. The van der Waals surface area contributed by atoms with Gasteiger partial charge in [-0.05, 0) is 40.6 Å². The Morgan fingerprint density at radius 3 is 2.82 bits per heavy atom. The molecule has 0 saturated carbocycles. The van der Waals surface area contributed by atoms with Gasteiger partial charge < -0.3 is 5.11 Å². The minimum Gasteiger partial charge on any atom is -0.382 e. The minimum atomic E-state index is -0.938. The van der Waals surface area contributed by atoms with Gasteiger partial charge in [0.2, 0.25) is 0 Å². The molecule has 0 saturated heterocycles. The highest BCUT2D eigenvalue weighted by atomic mass is 79.9. The Morgan fingerprint density at radius 1 is 1.73 bits per heavy atom. The molecule has 0 aromatic carbocycles. The van der Waals surface area contributed by atoms with Gasteiger partial charge in [-0.2, -0.15) is 0 Å². The van der Waals surface area contributed by atoms with Crippen LogP contribution < -0.4 is 0 Å². The number of halogens is 1. The molecule has 1 aliphatic carbocycles. The van der Waals surface area contributed by atoms with E-state index in [1.54, 1.807) is 0 Å². The molecule has 3 heteroatoms. The molecule has 0 aromatic rings. The molecule has 0 fully saturated rings. The lowest BCUT2D eigenvalue weighted by Gasteiger charge is -2.21. The molecule has 1 rings (SSSR count). The highest BCUT2D eigenvalue weighted by Crippen LogP contribution is 2.24. The summed E-state index contributed by atoms with van der Waals surface area (Å²) >= 11 is 3.07. The SMILES string of the molecule is CC[C@]1(O)C=CC(=O)C(Br)=C1. The van der Waals surface area contributed by atoms with E-state index >= 15 is 0 Å². The molecule has 1 N–H and O–H groups in total. The summed E-state index contributed by atoms with van der Waals surface area (Å²) in [6.45, 7) is 1.86. The molecule has 0 aromatic heterocycles. The molecule has 0 radical (unpaired) electrons. The lowest BCUT2D eigenvalue weighted by molar-refractivity contribution is -0.111. The fourth-order valence-corrected chi connectivity index (χ4v) is 1.39. The predicted octanol–water partition coefficient (Wildman–Crippen LogP) is 1.55. The summed E-state index contributed by atoms with van der Waals surface area (Å²) < 4.78 is 0.435. The fraction of sp³-hybridized carbons (Fsp3) is 0.375. The van der Waals surface area contributed by atoms with Gasteiger partial charge in [-0.3, -0.25) is 4.79 Å². The summed E-state index contributed by atoms with van der Waals surface area (Å²) in [5.41, 5.74) is -0.938. The molecule has 60 valence electrons. The van der Waals surface area contributed by atoms with E-state index in [9.17, 15) is 9.90 Å². The van der Waals surface area contributed by atoms with Crippen molar-refractivity contribution in [2.75, 3.05) is 0 Å². The van der Waals surface area contributed by atoms with Gasteiger partial charge in [0.25, 0.3) is 0 Å². The second-order valence-corrected chi connectivity index (χ2v) is 3.39. The predicted molar refractivity (Wildman–Crippen MR) is 46.4 cm³/mol. The maximum Gasteiger partial charge on any atom is 0.192 e. The highest BCUT2D eigenvalue weighted by molar-refractivity contribution is 9.12. The first-order valence-corrected chi connectivity index (χ1v) is 4.21. The summed E-state index contributed by atoms with van der Waals surface area (Å²) in [5.74, 6) is -0.0943. The zero-order valence-electron chi connectivity index (χ0n) is 6.17. The average Bonchev–Trinajstić information content (AvgIpc) is 1.98. The van der Waals surface area contributed by atoms with Gasteiger partial charge in [-0.1, -0.05) is 6.92 Å². The van der Waals surface area contributed by atoms with Crippen molar-refractivity contribution in [3.05, 3.63) is 22.7 Å². The molecule has 2 nitrogen and oxygen atoms in total. The van der Waals surface area contributed by atoms with Crippen LogP contribution in [0.5, 0.6) is 0 Å². The van der Waals surface area contributed by atoms with Crippen LogP contribution in [0, 0.1) is 0 Å². The lowest BCUT2D eigenvalue weighted by Crippen LogP contribution is -2.25. The molecule has 0 amide bonds. The topological polar surface area (TPSA) is 37.3 Å². The first kappa shape index (κ1) is 8.68. The highest BCUT2D eigenvalue weighted by Gasteiger charge is 2.23. The molecule has 0 spiro atoms. The number of allylic oxidation sites excluding steroid dienone is 2. The van der Waals surface area contributed by atoms with E-state index < -0.39 is 5.60 Å². The quantitative estimate of drug-likeness (QED) is 0.723. The van der Waals surface area contributed by atoms with Crippen LogP contribution in [0.1, 0.15) is 13.3 Å². The van der Waals surface area contributed by atoms with Crippen molar-refractivity contribution in [3.63, 3.8) is 0 Å². The maximum atomic E-state index is 10.9. The van der Waals surface area contributed by atoms with Crippen LogP contribution in [-0.4, -0.2) is 16.5 Å².